The Morgan fingerprint density at radius 1 is 1.17 bits per heavy atom. The maximum absolute atomic E-state index is 13.9. The number of aryl methyl sites for hydroxylation is 1. The van der Waals surface area contributed by atoms with Crippen molar-refractivity contribution in [1.29, 1.82) is 0 Å². The van der Waals surface area contributed by atoms with Crippen molar-refractivity contribution >= 4 is 11.6 Å². The molecule has 1 saturated carbocycles. The van der Waals surface area contributed by atoms with Crippen molar-refractivity contribution in [3.8, 4) is 11.4 Å². The van der Waals surface area contributed by atoms with Gasteiger partial charge in [0.1, 0.15) is 17.3 Å². The van der Waals surface area contributed by atoms with Crippen molar-refractivity contribution < 1.29 is 13.9 Å². The molecular formula is C22H24FN5O2. The number of tetrazole rings is 1. The highest BCUT2D eigenvalue weighted by Gasteiger charge is 2.41. The Hall–Kier alpha value is -3.29. The standard InChI is InChI=1S/C22H24FN5O2/c1-15-25-26-27-28(15)19-14-18(9-10-20(19)30-2)24-21(29)22(11-4-3-5-12-22)16-7-6-8-17(23)13-16/h6-10,13-14H,3-5,11-12H2,1-2H3,(H,24,29). The van der Waals surface area contributed by atoms with E-state index < -0.39 is 5.41 Å². The van der Waals surface area contributed by atoms with Gasteiger partial charge in [-0.05, 0) is 66.1 Å². The fraction of sp³-hybridized carbons (Fsp3) is 0.364. The summed E-state index contributed by atoms with van der Waals surface area (Å²) < 4.78 is 20.9. The molecule has 30 heavy (non-hydrogen) atoms. The molecule has 1 aliphatic carbocycles. The lowest BCUT2D eigenvalue weighted by atomic mass is 9.68. The smallest absolute Gasteiger partial charge is 0.235 e. The summed E-state index contributed by atoms with van der Waals surface area (Å²) in [6.07, 6.45) is 4.33. The summed E-state index contributed by atoms with van der Waals surface area (Å²) in [5, 5.41) is 14.6. The molecule has 0 unspecified atom stereocenters. The van der Waals surface area contributed by atoms with Crippen LogP contribution in [0.25, 0.3) is 5.69 Å². The molecule has 1 heterocycles. The fourth-order valence-corrected chi connectivity index (χ4v) is 4.23. The number of halogens is 1. The average Bonchev–Trinajstić information content (AvgIpc) is 3.19. The molecular weight excluding hydrogens is 385 g/mol. The molecule has 0 radical (unpaired) electrons. The number of carbonyl (C=O) groups excluding carboxylic acids is 1. The van der Waals surface area contributed by atoms with E-state index in [1.807, 2.05) is 6.07 Å². The van der Waals surface area contributed by atoms with E-state index in [1.165, 1.54) is 12.1 Å². The molecule has 3 aromatic rings. The summed E-state index contributed by atoms with van der Waals surface area (Å²) >= 11 is 0. The van der Waals surface area contributed by atoms with Gasteiger partial charge in [-0.2, -0.15) is 4.68 Å². The Balaban J connectivity index is 1.69. The van der Waals surface area contributed by atoms with Gasteiger partial charge < -0.3 is 10.1 Å². The van der Waals surface area contributed by atoms with Gasteiger partial charge in [0.25, 0.3) is 0 Å². The van der Waals surface area contributed by atoms with Crippen LogP contribution in [0.5, 0.6) is 5.75 Å². The van der Waals surface area contributed by atoms with E-state index in [-0.39, 0.29) is 11.7 Å². The van der Waals surface area contributed by atoms with Gasteiger partial charge in [0.2, 0.25) is 5.91 Å². The van der Waals surface area contributed by atoms with E-state index in [9.17, 15) is 9.18 Å². The van der Waals surface area contributed by atoms with Crippen LogP contribution in [0.4, 0.5) is 10.1 Å². The summed E-state index contributed by atoms with van der Waals surface area (Å²) in [5.74, 6) is 0.727. The van der Waals surface area contributed by atoms with Gasteiger partial charge in [-0.25, -0.2) is 4.39 Å². The number of aromatic nitrogens is 4. The quantitative estimate of drug-likeness (QED) is 0.690. The molecule has 1 aromatic heterocycles. The number of rotatable bonds is 5. The number of hydrogen-bond acceptors (Lipinski definition) is 5. The summed E-state index contributed by atoms with van der Waals surface area (Å²) in [6.45, 7) is 1.78. The van der Waals surface area contributed by atoms with Gasteiger partial charge in [-0.15, -0.1) is 5.10 Å². The molecule has 0 atom stereocenters. The highest BCUT2D eigenvalue weighted by Crippen LogP contribution is 2.41. The third-order valence-electron chi connectivity index (χ3n) is 5.81. The van der Waals surface area contributed by atoms with E-state index in [2.05, 4.69) is 20.8 Å². The van der Waals surface area contributed by atoms with Crippen LogP contribution in [0.15, 0.2) is 42.5 Å². The number of anilines is 1. The van der Waals surface area contributed by atoms with Crippen molar-refractivity contribution in [1.82, 2.24) is 20.2 Å². The minimum atomic E-state index is -0.745. The molecule has 4 rings (SSSR count). The van der Waals surface area contributed by atoms with Crippen molar-refractivity contribution in [2.45, 2.75) is 44.4 Å². The lowest BCUT2D eigenvalue weighted by Gasteiger charge is -2.36. The summed E-state index contributed by atoms with van der Waals surface area (Å²) in [6, 6.07) is 11.7. The molecule has 0 saturated heterocycles. The molecule has 0 aliphatic heterocycles. The normalized spacial score (nSPS) is 15.6. The minimum absolute atomic E-state index is 0.127. The molecule has 156 valence electrons. The number of amides is 1. The molecule has 2 aromatic carbocycles. The van der Waals surface area contributed by atoms with Gasteiger partial charge in [0, 0.05) is 5.69 Å². The third kappa shape index (κ3) is 3.65. The lowest BCUT2D eigenvalue weighted by molar-refractivity contribution is -0.122. The SMILES string of the molecule is COc1ccc(NC(=O)C2(c3cccc(F)c3)CCCCC2)cc1-n1nnnc1C. The number of methoxy groups -OCH3 is 1. The van der Waals surface area contributed by atoms with Crippen LogP contribution < -0.4 is 10.1 Å². The highest BCUT2D eigenvalue weighted by molar-refractivity contribution is 5.99. The van der Waals surface area contributed by atoms with Crippen LogP contribution in [-0.4, -0.2) is 33.2 Å². The van der Waals surface area contributed by atoms with Crippen molar-refractivity contribution in [2.24, 2.45) is 0 Å². The van der Waals surface area contributed by atoms with E-state index in [1.54, 1.807) is 43.0 Å². The van der Waals surface area contributed by atoms with Gasteiger partial charge in [-0.1, -0.05) is 31.4 Å². The third-order valence-corrected chi connectivity index (χ3v) is 5.81. The lowest BCUT2D eigenvalue weighted by Crippen LogP contribution is -2.42. The molecule has 0 bridgehead atoms. The first-order valence-corrected chi connectivity index (χ1v) is 10.0. The second-order valence-electron chi connectivity index (χ2n) is 7.63. The van der Waals surface area contributed by atoms with Crippen LogP contribution >= 0.6 is 0 Å². The molecule has 7 nitrogen and oxygen atoms in total. The van der Waals surface area contributed by atoms with Gasteiger partial charge in [0.15, 0.2) is 5.82 Å². The first-order chi connectivity index (χ1) is 14.5. The Morgan fingerprint density at radius 2 is 1.97 bits per heavy atom. The molecule has 1 N–H and O–H groups in total. The van der Waals surface area contributed by atoms with Crippen LogP contribution in [0, 0.1) is 12.7 Å². The van der Waals surface area contributed by atoms with E-state index in [0.717, 1.165) is 24.8 Å². The second kappa shape index (κ2) is 8.22. The van der Waals surface area contributed by atoms with Gasteiger partial charge >= 0.3 is 0 Å². The van der Waals surface area contributed by atoms with Gasteiger partial charge in [-0.3, -0.25) is 4.79 Å². The van der Waals surface area contributed by atoms with E-state index in [0.29, 0.717) is 35.8 Å². The zero-order chi connectivity index (χ0) is 21.1. The molecule has 1 aliphatic rings. The number of carbonyl (C=O) groups is 1. The predicted octanol–water partition coefficient (Wildman–Crippen LogP) is 3.96. The van der Waals surface area contributed by atoms with E-state index >= 15 is 0 Å². The zero-order valence-electron chi connectivity index (χ0n) is 17.1. The molecule has 8 heteroatoms. The molecule has 1 amide bonds. The van der Waals surface area contributed by atoms with E-state index in [4.69, 9.17) is 4.74 Å². The zero-order valence-corrected chi connectivity index (χ0v) is 17.1. The second-order valence-corrected chi connectivity index (χ2v) is 7.63. The topological polar surface area (TPSA) is 81.9 Å². The van der Waals surface area contributed by atoms with Gasteiger partial charge in [0.05, 0.1) is 12.5 Å². The average molecular weight is 409 g/mol. The first-order valence-electron chi connectivity index (χ1n) is 10.0. The molecule has 1 fully saturated rings. The number of hydrogen-bond donors (Lipinski definition) is 1. The van der Waals surface area contributed by atoms with Crippen LogP contribution in [0.2, 0.25) is 0 Å². The highest BCUT2D eigenvalue weighted by atomic mass is 19.1. The Labute approximate surface area is 174 Å². The Kier molecular flexibility index (Phi) is 5.48. The van der Waals surface area contributed by atoms with Crippen LogP contribution in [0.3, 0.4) is 0 Å². The number of ether oxygens (including phenoxy) is 1. The number of nitrogens with zero attached hydrogens (tertiary/aromatic N) is 4. The predicted molar refractivity (Wildman–Crippen MR) is 110 cm³/mol. The number of benzene rings is 2. The summed E-state index contributed by atoms with van der Waals surface area (Å²) in [7, 11) is 1.57. The fourth-order valence-electron chi connectivity index (χ4n) is 4.23. The van der Waals surface area contributed by atoms with Crippen molar-refractivity contribution in [3.05, 3.63) is 59.7 Å². The van der Waals surface area contributed by atoms with Crippen molar-refractivity contribution in [2.75, 3.05) is 12.4 Å². The molecule has 0 spiro atoms. The maximum atomic E-state index is 13.9. The minimum Gasteiger partial charge on any atom is -0.494 e. The monoisotopic (exact) mass is 409 g/mol. The van der Waals surface area contributed by atoms with Crippen molar-refractivity contribution in [3.63, 3.8) is 0 Å². The Bertz CT molecular complexity index is 1060. The van der Waals surface area contributed by atoms with Crippen LogP contribution in [-0.2, 0) is 10.2 Å². The van der Waals surface area contributed by atoms with Crippen LogP contribution in [0.1, 0.15) is 43.5 Å². The maximum Gasteiger partial charge on any atom is 0.235 e. The summed E-state index contributed by atoms with van der Waals surface area (Å²) in [4.78, 5) is 13.5. The number of nitrogens with one attached hydrogen (secondary N) is 1. The first kappa shape index (κ1) is 20.0. The Morgan fingerprint density at radius 3 is 2.63 bits per heavy atom. The summed E-state index contributed by atoms with van der Waals surface area (Å²) in [5.41, 5.74) is 1.21. The largest absolute Gasteiger partial charge is 0.494 e.